The summed E-state index contributed by atoms with van der Waals surface area (Å²) in [6.45, 7) is 1.46. The van der Waals surface area contributed by atoms with Crippen molar-refractivity contribution in [3.05, 3.63) is 60.0 Å². The summed E-state index contributed by atoms with van der Waals surface area (Å²) in [6.07, 6.45) is 17.6. The van der Waals surface area contributed by atoms with Gasteiger partial charge in [-0.15, -0.1) is 0 Å². The maximum atomic E-state index is 5.72. The van der Waals surface area contributed by atoms with E-state index in [0.29, 0.717) is 0 Å². The van der Waals surface area contributed by atoms with E-state index in [2.05, 4.69) is 11.4 Å². The molecule has 1 saturated heterocycles. The number of dihydropyridines is 1. The Morgan fingerprint density at radius 1 is 1.24 bits per heavy atom. The predicted molar refractivity (Wildman–Crippen MR) is 64.6 cm³/mol. The van der Waals surface area contributed by atoms with Crippen molar-refractivity contribution < 1.29 is 9.47 Å². The molecule has 1 aliphatic carbocycles. The second kappa shape index (κ2) is 4.35. The first kappa shape index (κ1) is 10.6. The molecule has 3 heteroatoms. The Kier molecular flexibility index (Phi) is 2.71. The normalized spacial score (nSPS) is 32.2. The molecule has 0 atom stereocenters. The van der Waals surface area contributed by atoms with Crippen LogP contribution < -0.4 is 5.32 Å². The molecule has 0 aromatic carbocycles. The van der Waals surface area contributed by atoms with Gasteiger partial charge in [0.25, 0.3) is 0 Å². The van der Waals surface area contributed by atoms with Crippen LogP contribution in [-0.2, 0) is 9.47 Å². The molecule has 1 radical (unpaired) electrons. The highest BCUT2D eigenvalue weighted by molar-refractivity contribution is 5.46. The lowest BCUT2D eigenvalue weighted by atomic mass is 10.0. The SMILES string of the molecule is [C]1=CN/C2=C/C=C\C3(/C=C\C2=C1)OCCCO3. The van der Waals surface area contributed by atoms with Gasteiger partial charge in [-0.05, 0) is 42.4 Å². The minimum absolute atomic E-state index is 0.692. The third-order valence-corrected chi connectivity index (χ3v) is 2.89. The molecule has 1 N–H and O–H groups in total. The van der Waals surface area contributed by atoms with Crippen LogP contribution in [0, 0.1) is 6.08 Å². The number of hydrogen-bond acceptors (Lipinski definition) is 3. The zero-order valence-corrected chi connectivity index (χ0v) is 9.48. The standard InChI is InChI=1S/C14H14NO2/c1-5-13-12(4-2-9-15-13)6-8-14(7-1)16-10-3-11-17-14/h1,4-9,15H,3,10-11H2/b7-1-,8-6-,13-5+. The van der Waals surface area contributed by atoms with Crippen molar-refractivity contribution >= 4 is 0 Å². The van der Waals surface area contributed by atoms with Crippen molar-refractivity contribution in [2.45, 2.75) is 12.2 Å². The molecule has 2 aliphatic heterocycles. The molecular weight excluding hydrogens is 214 g/mol. The number of rotatable bonds is 0. The van der Waals surface area contributed by atoms with Gasteiger partial charge in [-0.1, -0.05) is 12.2 Å². The Balaban J connectivity index is 1.94. The zero-order valence-electron chi connectivity index (χ0n) is 9.48. The molecule has 0 saturated carbocycles. The second-order valence-corrected chi connectivity index (χ2v) is 4.10. The van der Waals surface area contributed by atoms with Crippen LogP contribution in [0.15, 0.2) is 53.9 Å². The molecule has 3 rings (SSSR count). The van der Waals surface area contributed by atoms with E-state index in [-0.39, 0.29) is 0 Å². The van der Waals surface area contributed by atoms with E-state index in [0.717, 1.165) is 30.9 Å². The molecule has 0 aromatic heterocycles. The maximum Gasteiger partial charge on any atom is 0.208 e. The highest BCUT2D eigenvalue weighted by Gasteiger charge is 2.29. The van der Waals surface area contributed by atoms with Crippen LogP contribution in [0.25, 0.3) is 0 Å². The third-order valence-electron chi connectivity index (χ3n) is 2.89. The molecule has 0 amide bonds. The molecule has 3 nitrogen and oxygen atoms in total. The number of fused-ring (bicyclic) bond motifs is 1. The van der Waals surface area contributed by atoms with E-state index in [1.165, 1.54) is 0 Å². The van der Waals surface area contributed by atoms with Gasteiger partial charge in [0, 0.05) is 11.9 Å². The van der Waals surface area contributed by atoms with E-state index in [1.54, 1.807) is 6.20 Å². The highest BCUT2D eigenvalue weighted by atomic mass is 16.7. The Hall–Kier alpha value is -1.58. The fourth-order valence-corrected chi connectivity index (χ4v) is 1.99. The fourth-order valence-electron chi connectivity index (χ4n) is 1.99. The molecule has 0 aromatic rings. The van der Waals surface area contributed by atoms with Crippen molar-refractivity contribution in [3.63, 3.8) is 0 Å². The summed E-state index contributed by atoms with van der Waals surface area (Å²) in [4.78, 5) is 0. The van der Waals surface area contributed by atoms with E-state index < -0.39 is 5.79 Å². The van der Waals surface area contributed by atoms with Crippen molar-refractivity contribution in [2.75, 3.05) is 13.2 Å². The van der Waals surface area contributed by atoms with E-state index in [1.807, 2.05) is 36.5 Å². The third kappa shape index (κ3) is 2.12. The molecular formula is C14H14NO2. The lowest BCUT2D eigenvalue weighted by molar-refractivity contribution is -0.205. The molecule has 2 heterocycles. The monoisotopic (exact) mass is 228 g/mol. The van der Waals surface area contributed by atoms with E-state index >= 15 is 0 Å². The van der Waals surface area contributed by atoms with Crippen LogP contribution in [0.4, 0.5) is 0 Å². The smallest absolute Gasteiger partial charge is 0.208 e. The summed E-state index contributed by atoms with van der Waals surface area (Å²) >= 11 is 0. The lowest BCUT2D eigenvalue weighted by Crippen LogP contribution is -2.37. The Labute approximate surface area is 101 Å². The summed E-state index contributed by atoms with van der Waals surface area (Å²) < 4.78 is 11.4. The quantitative estimate of drug-likeness (QED) is 0.687. The molecule has 87 valence electrons. The van der Waals surface area contributed by atoms with E-state index in [9.17, 15) is 0 Å². The van der Waals surface area contributed by atoms with Crippen LogP contribution in [0.2, 0.25) is 0 Å². The van der Waals surface area contributed by atoms with Gasteiger partial charge in [-0.25, -0.2) is 0 Å². The van der Waals surface area contributed by atoms with Crippen molar-refractivity contribution in [2.24, 2.45) is 0 Å². The minimum atomic E-state index is -0.692. The van der Waals surface area contributed by atoms with Gasteiger partial charge in [-0.2, -0.15) is 0 Å². The van der Waals surface area contributed by atoms with Crippen LogP contribution >= 0.6 is 0 Å². The first-order valence-corrected chi connectivity index (χ1v) is 5.79. The van der Waals surface area contributed by atoms with Gasteiger partial charge in [0.05, 0.1) is 13.2 Å². The molecule has 0 bridgehead atoms. The number of nitrogens with one attached hydrogen (secondary N) is 1. The highest BCUT2D eigenvalue weighted by Crippen LogP contribution is 2.26. The Morgan fingerprint density at radius 3 is 3.00 bits per heavy atom. The van der Waals surface area contributed by atoms with Gasteiger partial charge in [0.1, 0.15) is 0 Å². The largest absolute Gasteiger partial charge is 0.361 e. The fraction of sp³-hybridized carbons (Fsp3) is 0.286. The van der Waals surface area contributed by atoms with E-state index in [4.69, 9.17) is 9.47 Å². The number of ether oxygens (including phenoxy) is 2. The first-order valence-electron chi connectivity index (χ1n) is 5.79. The average molecular weight is 228 g/mol. The summed E-state index contributed by atoms with van der Waals surface area (Å²) in [7, 11) is 0. The Morgan fingerprint density at radius 2 is 2.12 bits per heavy atom. The molecule has 1 spiro atoms. The molecule has 3 aliphatic rings. The van der Waals surface area contributed by atoms with Crippen LogP contribution in [-0.4, -0.2) is 19.0 Å². The summed E-state index contributed by atoms with van der Waals surface area (Å²) in [6, 6.07) is 0. The van der Waals surface area contributed by atoms with Crippen LogP contribution in [0.5, 0.6) is 0 Å². The minimum Gasteiger partial charge on any atom is -0.361 e. The van der Waals surface area contributed by atoms with Crippen molar-refractivity contribution in [1.82, 2.24) is 5.32 Å². The number of hydrogen-bond donors (Lipinski definition) is 1. The summed E-state index contributed by atoms with van der Waals surface area (Å²) in [5.41, 5.74) is 2.14. The van der Waals surface area contributed by atoms with Gasteiger partial charge in [0.2, 0.25) is 5.79 Å². The molecule has 0 unspecified atom stereocenters. The predicted octanol–water partition coefficient (Wildman–Crippen LogP) is 1.98. The zero-order chi connectivity index (χ0) is 11.6. The average Bonchev–Trinajstić information content (AvgIpc) is 2.37. The molecule has 17 heavy (non-hydrogen) atoms. The number of allylic oxidation sites excluding steroid dienone is 5. The van der Waals surface area contributed by atoms with Gasteiger partial charge in [-0.3, -0.25) is 0 Å². The van der Waals surface area contributed by atoms with Crippen LogP contribution in [0.3, 0.4) is 0 Å². The first-order chi connectivity index (χ1) is 8.38. The topological polar surface area (TPSA) is 30.5 Å². The molecule has 1 fully saturated rings. The lowest BCUT2D eigenvalue weighted by Gasteiger charge is -2.32. The summed E-state index contributed by atoms with van der Waals surface area (Å²) in [5.74, 6) is -0.692. The summed E-state index contributed by atoms with van der Waals surface area (Å²) in [5, 5.41) is 3.15. The van der Waals surface area contributed by atoms with Gasteiger partial charge >= 0.3 is 0 Å². The Bertz CT molecular complexity index is 449. The second-order valence-electron chi connectivity index (χ2n) is 4.10. The van der Waals surface area contributed by atoms with Crippen molar-refractivity contribution in [1.29, 1.82) is 0 Å². The van der Waals surface area contributed by atoms with Crippen molar-refractivity contribution in [3.8, 4) is 0 Å². The van der Waals surface area contributed by atoms with Gasteiger partial charge < -0.3 is 14.8 Å². The van der Waals surface area contributed by atoms with Gasteiger partial charge in [0.15, 0.2) is 0 Å². The van der Waals surface area contributed by atoms with Crippen LogP contribution in [0.1, 0.15) is 6.42 Å². The maximum absolute atomic E-state index is 5.72.